The van der Waals surface area contributed by atoms with E-state index in [1.54, 1.807) is 19.1 Å². The maximum Gasteiger partial charge on any atom is 0.341 e. The minimum Gasteiger partial charge on any atom is -0.482 e. The van der Waals surface area contributed by atoms with Gasteiger partial charge in [-0.15, -0.1) is 0 Å². The maximum absolute atomic E-state index is 12.2. The van der Waals surface area contributed by atoms with E-state index in [-0.39, 0.29) is 30.5 Å². The van der Waals surface area contributed by atoms with Crippen molar-refractivity contribution in [1.29, 1.82) is 0 Å². The fourth-order valence-corrected chi connectivity index (χ4v) is 5.34. The van der Waals surface area contributed by atoms with Gasteiger partial charge in [-0.25, -0.2) is 9.59 Å². The second-order valence-corrected chi connectivity index (χ2v) is 10.5. The van der Waals surface area contributed by atoms with Gasteiger partial charge >= 0.3 is 11.9 Å². The zero-order valence-corrected chi connectivity index (χ0v) is 23.5. The number of hydrogen-bond acceptors (Lipinski definition) is 7. The molecule has 1 aliphatic rings. The third-order valence-corrected chi connectivity index (χ3v) is 7.29. The summed E-state index contributed by atoms with van der Waals surface area (Å²) in [5.41, 5.74) is 3.60. The predicted octanol–water partition coefficient (Wildman–Crippen LogP) is 4.50. The Bertz CT molecular complexity index is 1390. The molecule has 3 aromatic rings. The van der Waals surface area contributed by atoms with E-state index in [0.717, 1.165) is 29.8 Å². The molecule has 1 aliphatic heterocycles. The SMILES string of the molecule is CC(=O)c1cccc(C(c2cccc(OCC(=O)O)c2)N2C[C@@H](C)N(Cc3cccc(OCC(=O)O)c3)C[C@@H]2C)c1. The van der Waals surface area contributed by atoms with E-state index >= 15 is 0 Å². The molecule has 1 unspecified atom stereocenters. The van der Waals surface area contributed by atoms with Crippen LogP contribution in [0.3, 0.4) is 0 Å². The summed E-state index contributed by atoms with van der Waals surface area (Å²) in [6.07, 6.45) is 0. The number of carbonyl (C=O) groups excluding carboxylic acids is 1. The molecule has 9 nitrogen and oxygen atoms in total. The molecule has 0 saturated carbocycles. The van der Waals surface area contributed by atoms with E-state index in [2.05, 4.69) is 23.6 Å². The lowest BCUT2D eigenvalue weighted by atomic mass is 9.92. The fourth-order valence-electron chi connectivity index (χ4n) is 5.34. The van der Waals surface area contributed by atoms with Crippen LogP contribution in [-0.4, -0.2) is 76.1 Å². The quantitative estimate of drug-likeness (QED) is 0.309. The molecule has 1 heterocycles. The number of carbonyl (C=O) groups is 3. The molecule has 0 spiro atoms. The van der Waals surface area contributed by atoms with Gasteiger partial charge in [-0.1, -0.05) is 42.5 Å². The molecule has 9 heteroatoms. The molecule has 216 valence electrons. The van der Waals surface area contributed by atoms with Crippen LogP contribution >= 0.6 is 0 Å². The number of Topliss-reactive ketones (excluding diaryl/α,β-unsaturated/α-hetero) is 1. The van der Waals surface area contributed by atoms with Gasteiger partial charge in [-0.05, 0) is 67.8 Å². The molecule has 1 fully saturated rings. The van der Waals surface area contributed by atoms with Crippen molar-refractivity contribution in [2.45, 2.75) is 45.4 Å². The molecule has 0 radical (unpaired) electrons. The van der Waals surface area contributed by atoms with Gasteiger partial charge in [-0.2, -0.15) is 0 Å². The lowest BCUT2D eigenvalue weighted by Gasteiger charge is -2.47. The smallest absolute Gasteiger partial charge is 0.341 e. The van der Waals surface area contributed by atoms with Crippen LogP contribution in [0.2, 0.25) is 0 Å². The molecular weight excluding hydrogens is 524 g/mol. The van der Waals surface area contributed by atoms with E-state index in [4.69, 9.17) is 19.7 Å². The van der Waals surface area contributed by atoms with Crippen molar-refractivity contribution in [3.05, 3.63) is 95.1 Å². The highest BCUT2D eigenvalue weighted by Crippen LogP contribution is 2.35. The summed E-state index contributed by atoms with van der Waals surface area (Å²) in [5.74, 6) is -1.07. The first-order valence-electron chi connectivity index (χ1n) is 13.6. The number of aliphatic carboxylic acids is 2. The van der Waals surface area contributed by atoms with Crippen LogP contribution in [0.4, 0.5) is 0 Å². The minimum absolute atomic E-state index is 0.00931. The largest absolute Gasteiger partial charge is 0.482 e. The van der Waals surface area contributed by atoms with Gasteiger partial charge in [0.2, 0.25) is 0 Å². The van der Waals surface area contributed by atoms with Crippen molar-refractivity contribution in [2.75, 3.05) is 26.3 Å². The molecule has 0 bridgehead atoms. The van der Waals surface area contributed by atoms with E-state index in [0.29, 0.717) is 23.6 Å². The van der Waals surface area contributed by atoms with Crippen molar-refractivity contribution in [2.24, 2.45) is 0 Å². The number of nitrogens with zero attached hydrogens (tertiary/aromatic N) is 2. The first-order valence-corrected chi connectivity index (χ1v) is 13.6. The fraction of sp³-hybridized carbons (Fsp3) is 0.344. The monoisotopic (exact) mass is 560 g/mol. The number of piperazine rings is 1. The molecule has 0 amide bonds. The van der Waals surface area contributed by atoms with Crippen molar-refractivity contribution >= 4 is 17.7 Å². The van der Waals surface area contributed by atoms with Gasteiger partial charge in [0.1, 0.15) is 11.5 Å². The highest BCUT2D eigenvalue weighted by Gasteiger charge is 2.35. The zero-order valence-electron chi connectivity index (χ0n) is 23.5. The number of carboxylic acid groups (broad SMARTS) is 2. The summed E-state index contributed by atoms with van der Waals surface area (Å²) < 4.78 is 10.9. The number of benzene rings is 3. The molecule has 2 N–H and O–H groups in total. The molecule has 3 aromatic carbocycles. The van der Waals surface area contributed by atoms with E-state index in [1.165, 1.54) is 0 Å². The first-order chi connectivity index (χ1) is 19.6. The number of carboxylic acids is 2. The van der Waals surface area contributed by atoms with Crippen molar-refractivity contribution < 1.29 is 34.1 Å². The molecule has 0 aromatic heterocycles. The second-order valence-electron chi connectivity index (χ2n) is 10.5. The minimum atomic E-state index is -1.04. The maximum atomic E-state index is 12.2. The molecule has 41 heavy (non-hydrogen) atoms. The Morgan fingerprint density at radius 3 is 2.02 bits per heavy atom. The number of rotatable bonds is 12. The van der Waals surface area contributed by atoms with Crippen LogP contribution in [0.25, 0.3) is 0 Å². The van der Waals surface area contributed by atoms with Gasteiger partial charge in [0.15, 0.2) is 19.0 Å². The Morgan fingerprint density at radius 2 is 1.39 bits per heavy atom. The molecule has 1 saturated heterocycles. The summed E-state index contributed by atoms with van der Waals surface area (Å²) in [7, 11) is 0. The van der Waals surface area contributed by atoms with Crippen LogP contribution < -0.4 is 9.47 Å². The lowest BCUT2D eigenvalue weighted by Crippen LogP contribution is -2.56. The van der Waals surface area contributed by atoms with Crippen LogP contribution in [0, 0.1) is 0 Å². The lowest BCUT2D eigenvalue weighted by molar-refractivity contribution is -0.140. The highest BCUT2D eigenvalue weighted by molar-refractivity contribution is 5.94. The van der Waals surface area contributed by atoms with Gasteiger partial charge in [0.05, 0.1) is 6.04 Å². The van der Waals surface area contributed by atoms with Crippen LogP contribution in [0.15, 0.2) is 72.8 Å². The third kappa shape index (κ3) is 7.93. The van der Waals surface area contributed by atoms with Gasteiger partial charge in [-0.3, -0.25) is 14.6 Å². The summed E-state index contributed by atoms with van der Waals surface area (Å²) in [6.45, 7) is 7.31. The Kier molecular flexibility index (Phi) is 9.75. The van der Waals surface area contributed by atoms with Crippen molar-refractivity contribution in [3.63, 3.8) is 0 Å². The van der Waals surface area contributed by atoms with Crippen LogP contribution in [0.1, 0.15) is 53.9 Å². The van der Waals surface area contributed by atoms with Gasteiger partial charge in [0.25, 0.3) is 0 Å². The highest BCUT2D eigenvalue weighted by atomic mass is 16.5. The Morgan fingerprint density at radius 1 is 0.805 bits per heavy atom. The van der Waals surface area contributed by atoms with E-state index in [9.17, 15) is 14.4 Å². The van der Waals surface area contributed by atoms with Gasteiger partial charge < -0.3 is 19.7 Å². The molecule has 4 rings (SSSR count). The topological polar surface area (TPSA) is 117 Å². The number of ketones is 1. The molecule has 0 aliphatic carbocycles. The third-order valence-electron chi connectivity index (χ3n) is 7.29. The zero-order chi connectivity index (χ0) is 29.5. The number of hydrogen-bond donors (Lipinski definition) is 2. The second kappa shape index (κ2) is 13.4. The van der Waals surface area contributed by atoms with Crippen molar-refractivity contribution in [3.8, 4) is 11.5 Å². The Labute approximate surface area is 239 Å². The van der Waals surface area contributed by atoms with E-state index < -0.39 is 18.5 Å². The summed E-state index contributed by atoms with van der Waals surface area (Å²) in [5, 5.41) is 18.0. The van der Waals surface area contributed by atoms with Crippen molar-refractivity contribution in [1.82, 2.24) is 9.80 Å². The summed E-state index contributed by atoms with van der Waals surface area (Å²) >= 11 is 0. The predicted molar refractivity (Wildman–Crippen MR) is 153 cm³/mol. The van der Waals surface area contributed by atoms with Crippen LogP contribution in [-0.2, 0) is 16.1 Å². The Balaban J connectivity index is 1.60. The normalized spacial score (nSPS) is 18.4. The first kappa shape index (κ1) is 29.8. The summed E-state index contributed by atoms with van der Waals surface area (Å²) in [4.78, 5) is 39.0. The Hall–Kier alpha value is -4.21. The molecule has 3 atom stereocenters. The van der Waals surface area contributed by atoms with E-state index in [1.807, 2.05) is 60.7 Å². The van der Waals surface area contributed by atoms with Crippen LogP contribution in [0.5, 0.6) is 11.5 Å². The average molecular weight is 561 g/mol. The summed E-state index contributed by atoms with van der Waals surface area (Å²) in [6, 6.07) is 22.8. The average Bonchev–Trinajstić information content (AvgIpc) is 2.94. The number of ether oxygens (including phenoxy) is 2. The molecular formula is C32H36N2O7. The standard InChI is InChI=1S/C32H36N2O7/c1-21-17-34(22(2)16-33(21)18-24-7-4-11-28(13-24)40-19-30(36)37)32(26-9-5-8-25(14-26)23(3)35)27-10-6-12-29(15-27)41-20-31(38)39/h4-15,21-22,32H,16-20H2,1-3H3,(H,36,37)(H,38,39)/t21-,22+,32?/m1/s1. The van der Waals surface area contributed by atoms with Gasteiger partial charge in [0, 0.05) is 37.3 Å².